The molecule has 1 aromatic carbocycles. The summed E-state index contributed by atoms with van der Waals surface area (Å²) in [5, 5.41) is 3.72. The van der Waals surface area contributed by atoms with E-state index >= 15 is 0 Å². The third-order valence-electron chi connectivity index (χ3n) is 3.06. The number of carbonyl (C=O) groups is 1. The normalized spacial score (nSPS) is 10.7. The Morgan fingerprint density at radius 3 is 2.95 bits per heavy atom. The first-order valence-corrected chi connectivity index (χ1v) is 6.41. The topological polar surface area (TPSA) is 55.1 Å². The molecule has 0 radical (unpaired) electrons. The third kappa shape index (κ3) is 2.54. The number of carbonyl (C=O) groups excluding carboxylic acids is 1. The lowest BCUT2D eigenvalue weighted by Gasteiger charge is -2.01. The van der Waals surface area contributed by atoms with Gasteiger partial charge in [-0.2, -0.15) is 0 Å². The summed E-state index contributed by atoms with van der Waals surface area (Å²) in [4.78, 5) is 16.2. The van der Waals surface area contributed by atoms with Crippen LogP contribution in [0.1, 0.15) is 21.8 Å². The van der Waals surface area contributed by atoms with Gasteiger partial charge in [0.2, 0.25) is 0 Å². The Labute approximate surface area is 116 Å². The number of furan rings is 1. The predicted molar refractivity (Wildman–Crippen MR) is 76.4 cm³/mol. The van der Waals surface area contributed by atoms with E-state index in [2.05, 4.69) is 10.3 Å². The fraction of sp³-hybridized carbons (Fsp3) is 0.125. The number of rotatable bonds is 3. The number of amides is 1. The number of hydrogen-bond donors (Lipinski definition) is 1. The maximum absolute atomic E-state index is 12.0. The number of nitrogens with one attached hydrogen (secondary N) is 1. The lowest BCUT2D eigenvalue weighted by Crippen LogP contribution is -2.22. The van der Waals surface area contributed by atoms with Crippen LogP contribution in [-0.2, 0) is 6.54 Å². The van der Waals surface area contributed by atoms with Gasteiger partial charge in [0.25, 0.3) is 5.91 Å². The first-order valence-electron chi connectivity index (χ1n) is 6.41. The maximum atomic E-state index is 12.0. The molecule has 0 aliphatic heterocycles. The number of aromatic nitrogens is 1. The minimum absolute atomic E-state index is 0.232. The maximum Gasteiger partial charge on any atom is 0.287 e. The van der Waals surface area contributed by atoms with Crippen molar-refractivity contribution >= 4 is 16.9 Å². The smallest absolute Gasteiger partial charge is 0.287 e. The van der Waals surface area contributed by atoms with Crippen LogP contribution in [0, 0.1) is 6.92 Å². The van der Waals surface area contributed by atoms with E-state index in [0.29, 0.717) is 12.3 Å². The zero-order chi connectivity index (χ0) is 13.9. The third-order valence-corrected chi connectivity index (χ3v) is 3.06. The summed E-state index contributed by atoms with van der Waals surface area (Å²) in [5.74, 6) is 0.0889. The van der Waals surface area contributed by atoms with Crippen LogP contribution in [0.4, 0.5) is 0 Å². The molecule has 0 aliphatic rings. The van der Waals surface area contributed by atoms with Crippen molar-refractivity contribution in [2.75, 3.05) is 0 Å². The van der Waals surface area contributed by atoms with Gasteiger partial charge in [0.05, 0.1) is 12.2 Å². The highest BCUT2D eigenvalue weighted by atomic mass is 16.3. The van der Waals surface area contributed by atoms with Gasteiger partial charge in [-0.1, -0.05) is 18.2 Å². The van der Waals surface area contributed by atoms with Crippen LogP contribution in [0.5, 0.6) is 0 Å². The second-order valence-corrected chi connectivity index (χ2v) is 4.66. The highest BCUT2D eigenvalue weighted by Crippen LogP contribution is 2.20. The highest BCUT2D eigenvalue weighted by molar-refractivity contribution is 5.96. The monoisotopic (exact) mass is 266 g/mol. The Bertz CT molecular complexity index is 748. The van der Waals surface area contributed by atoms with Crippen molar-refractivity contribution in [3.05, 3.63) is 65.7 Å². The standard InChI is InChI=1S/C16H14N2O2/c1-11-5-6-12-9-15(20-14(12)8-11)16(19)18-10-13-4-2-3-7-17-13/h2-9H,10H2,1H3,(H,18,19). The van der Waals surface area contributed by atoms with Gasteiger partial charge < -0.3 is 9.73 Å². The lowest BCUT2D eigenvalue weighted by atomic mass is 10.2. The van der Waals surface area contributed by atoms with Crippen LogP contribution in [0.2, 0.25) is 0 Å². The first-order chi connectivity index (χ1) is 9.72. The molecule has 1 N–H and O–H groups in total. The van der Waals surface area contributed by atoms with E-state index in [1.165, 1.54) is 0 Å². The van der Waals surface area contributed by atoms with Crippen LogP contribution in [-0.4, -0.2) is 10.9 Å². The highest BCUT2D eigenvalue weighted by Gasteiger charge is 2.12. The Hall–Kier alpha value is -2.62. The predicted octanol–water partition coefficient (Wildman–Crippen LogP) is 3.07. The summed E-state index contributed by atoms with van der Waals surface area (Å²) in [6.45, 7) is 2.37. The molecule has 3 aromatic rings. The molecule has 0 unspecified atom stereocenters. The molecule has 3 rings (SSSR count). The van der Waals surface area contributed by atoms with Gasteiger partial charge in [0.1, 0.15) is 5.58 Å². The average molecular weight is 266 g/mol. The molecule has 4 heteroatoms. The van der Waals surface area contributed by atoms with Crippen molar-refractivity contribution in [2.45, 2.75) is 13.5 Å². The SMILES string of the molecule is Cc1ccc2cc(C(=O)NCc3ccccn3)oc2c1. The summed E-state index contributed by atoms with van der Waals surface area (Å²) in [5.41, 5.74) is 2.65. The zero-order valence-electron chi connectivity index (χ0n) is 11.1. The summed E-state index contributed by atoms with van der Waals surface area (Å²) in [6, 6.07) is 13.2. The summed E-state index contributed by atoms with van der Waals surface area (Å²) < 4.78 is 5.57. The number of hydrogen-bond acceptors (Lipinski definition) is 3. The fourth-order valence-electron chi connectivity index (χ4n) is 2.01. The van der Waals surface area contributed by atoms with Crippen molar-refractivity contribution in [1.29, 1.82) is 0 Å². The average Bonchev–Trinajstić information content (AvgIpc) is 2.89. The van der Waals surface area contributed by atoms with E-state index in [0.717, 1.165) is 22.2 Å². The zero-order valence-corrected chi connectivity index (χ0v) is 11.1. The summed E-state index contributed by atoms with van der Waals surface area (Å²) >= 11 is 0. The second kappa shape index (κ2) is 5.17. The van der Waals surface area contributed by atoms with Gasteiger partial charge in [0, 0.05) is 11.6 Å². The molecular formula is C16H14N2O2. The number of fused-ring (bicyclic) bond motifs is 1. The van der Waals surface area contributed by atoms with E-state index in [4.69, 9.17) is 4.42 Å². The molecule has 0 fully saturated rings. The van der Waals surface area contributed by atoms with Gasteiger partial charge in [-0.3, -0.25) is 9.78 Å². The van der Waals surface area contributed by atoms with E-state index < -0.39 is 0 Å². The fourth-order valence-corrected chi connectivity index (χ4v) is 2.01. The minimum atomic E-state index is -0.232. The van der Waals surface area contributed by atoms with Crippen LogP contribution in [0.25, 0.3) is 11.0 Å². The van der Waals surface area contributed by atoms with Gasteiger partial charge in [-0.25, -0.2) is 0 Å². The van der Waals surface area contributed by atoms with E-state index in [-0.39, 0.29) is 5.91 Å². The molecule has 2 aromatic heterocycles. The van der Waals surface area contributed by atoms with Gasteiger partial charge in [-0.15, -0.1) is 0 Å². The van der Waals surface area contributed by atoms with Gasteiger partial charge in [-0.05, 0) is 36.8 Å². The van der Waals surface area contributed by atoms with E-state index in [1.807, 2.05) is 43.3 Å². The van der Waals surface area contributed by atoms with Crippen molar-refractivity contribution in [3.63, 3.8) is 0 Å². The molecule has 0 bridgehead atoms. The first kappa shape index (κ1) is 12.4. The molecule has 2 heterocycles. The molecule has 4 nitrogen and oxygen atoms in total. The summed E-state index contributed by atoms with van der Waals surface area (Å²) in [6.07, 6.45) is 1.70. The quantitative estimate of drug-likeness (QED) is 0.792. The molecule has 0 saturated heterocycles. The van der Waals surface area contributed by atoms with Gasteiger partial charge >= 0.3 is 0 Å². The van der Waals surface area contributed by atoms with E-state index in [1.54, 1.807) is 12.3 Å². The Balaban J connectivity index is 1.75. The second-order valence-electron chi connectivity index (χ2n) is 4.66. The molecule has 0 atom stereocenters. The van der Waals surface area contributed by atoms with Gasteiger partial charge in [0.15, 0.2) is 5.76 Å². The molecule has 0 aliphatic carbocycles. The van der Waals surface area contributed by atoms with Crippen LogP contribution in [0.15, 0.2) is 53.1 Å². The lowest BCUT2D eigenvalue weighted by molar-refractivity contribution is 0.0925. The van der Waals surface area contributed by atoms with Crippen LogP contribution in [0.3, 0.4) is 0 Å². The molecule has 20 heavy (non-hydrogen) atoms. The number of benzene rings is 1. The Morgan fingerprint density at radius 2 is 2.15 bits per heavy atom. The van der Waals surface area contributed by atoms with Crippen molar-refractivity contribution in [1.82, 2.24) is 10.3 Å². The Kier molecular flexibility index (Phi) is 3.21. The largest absolute Gasteiger partial charge is 0.451 e. The number of nitrogens with zero attached hydrogens (tertiary/aromatic N) is 1. The van der Waals surface area contributed by atoms with Crippen LogP contribution >= 0.6 is 0 Å². The molecule has 100 valence electrons. The number of pyridine rings is 1. The summed E-state index contributed by atoms with van der Waals surface area (Å²) in [7, 11) is 0. The number of aryl methyl sites for hydroxylation is 1. The van der Waals surface area contributed by atoms with Crippen molar-refractivity contribution in [3.8, 4) is 0 Å². The Morgan fingerprint density at radius 1 is 1.25 bits per heavy atom. The van der Waals surface area contributed by atoms with E-state index in [9.17, 15) is 4.79 Å². The molecule has 1 amide bonds. The van der Waals surface area contributed by atoms with Crippen molar-refractivity contribution < 1.29 is 9.21 Å². The molecule has 0 saturated carbocycles. The van der Waals surface area contributed by atoms with Crippen molar-refractivity contribution in [2.24, 2.45) is 0 Å². The molecular weight excluding hydrogens is 252 g/mol. The van der Waals surface area contributed by atoms with Crippen LogP contribution < -0.4 is 5.32 Å². The molecule has 0 spiro atoms. The minimum Gasteiger partial charge on any atom is -0.451 e.